The van der Waals surface area contributed by atoms with Crippen molar-refractivity contribution < 1.29 is 13.2 Å². The highest BCUT2D eigenvalue weighted by Gasteiger charge is 2.33. The molecule has 1 fully saturated rings. The Balaban J connectivity index is 2.05. The second kappa shape index (κ2) is 7.47. The molecular weight excluding hydrogens is 289 g/mol. The largest absolute Gasteiger partial charge is 0.416 e. The lowest BCUT2D eigenvalue weighted by atomic mass is 9.99. The number of hydrogen-bond donors (Lipinski definition) is 1. The molecule has 1 saturated heterocycles. The van der Waals surface area contributed by atoms with Gasteiger partial charge >= 0.3 is 6.18 Å². The average Bonchev–Trinajstić information content (AvgIpc) is 2.68. The molecule has 2 nitrogen and oxygen atoms in total. The lowest BCUT2D eigenvalue weighted by Crippen LogP contribution is -2.29. The highest BCUT2D eigenvalue weighted by atomic mass is 19.4. The maximum absolute atomic E-state index is 13.2. The number of benzene rings is 1. The van der Waals surface area contributed by atoms with E-state index in [4.69, 9.17) is 5.73 Å². The van der Waals surface area contributed by atoms with E-state index in [0.29, 0.717) is 24.9 Å². The Morgan fingerprint density at radius 3 is 2.68 bits per heavy atom. The van der Waals surface area contributed by atoms with Gasteiger partial charge in [-0.2, -0.15) is 13.2 Å². The highest BCUT2D eigenvalue weighted by molar-refractivity contribution is 5.34. The molecule has 0 amide bonds. The first-order chi connectivity index (χ1) is 10.4. The summed E-state index contributed by atoms with van der Waals surface area (Å²) < 4.78 is 39.6. The molecule has 1 heterocycles. The van der Waals surface area contributed by atoms with Crippen molar-refractivity contribution in [2.75, 3.05) is 19.6 Å². The van der Waals surface area contributed by atoms with Crippen molar-refractivity contribution in [3.05, 3.63) is 34.9 Å². The summed E-state index contributed by atoms with van der Waals surface area (Å²) in [6.07, 6.45) is -0.248. The molecular formula is C17H25F3N2. The first-order valence-corrected chi connectivity index (χ1v) is 8.07. The number of rotatable bonds is 4. The predicted molar refractivity (Wildman–Crippen MR) is 82.8 cm³/mol. The molecule has 0 bridgehead atoms. The van der Waals surface area contributed by atoms with Crippen molar-refractivity contribution in [2.45, 2.75) is 51.2 Å². The van der Waals surface area contributed by atoms with Gasteiger partial charge in [0.05, 0.1) is 5.56 Å². The molecule has 1 aliphatic heterocycles. The Morgan fingerprint density at radius 2 is 2.00 bits per heavy atom. The lowest BCUT2D eigenvalue weighted by Gasteiger charge is -2.21. The van der Waals surface area contributed by atoms with Gasteiger partial charge in [-0.15, -0.1) is 0 Å². The molecule has 0 radical (unpaired) electrons. The molecule has 22 heavy (non-hydrogen) atoms. The molecule has 0 aromatic heterocycles. The van der Waals surface area contributed by atoms with E-state index in [1.807, 2.05) is 13.0 Å². The summed E-state index contributed by atoms with van der Waals surface area (Å²) in [6, 6.07) is 4.99. The molecule has 1 unspecified atom stereocenters. The van der Waals surface area contributed by atoms with Crippen LogP contribution in [0.4, 0.5) is 13.2 Å². The molecule has 1 atom stereocenters. The number of halogens is 3. The molecule has 124 valence electrons. The third kappa shape index (κ3) is 4.71. The van der Waals surface area contributed by atoms with Gasteiger partial charge in [0.15, 0.2) is 0 Å². The molecule has 1 aliphatic rings. The van der Waals surface area contributed by atoms with E-state index in [9.17, 15) is 13.2 Å². The molecule has 1 aromatic rings. The Labute approximate surface area is 130 Å². The van der Waals surface area contributed by atoms with E-state index in [1.54, 1.807) is 6.07 Å². The lowest BCUT2D eigenvalue weighted by molar-refractivity contribution is -0.138. The van der Waals surface area contributed by atoms with Crippen molar-refractivity contribution >= 4 is 0 Å². The molecule has 2 N–H and O–H groups in total. The summed E-state index contributed by atoms with van der Waals surface area (Å²) in [5.74, 6) is 0. The topological polar surface area (TPSA) is 29.3 Å². The van der Waals surface area contributed by atoms with Crippen molar-refractivity contribution in [1.82, 2.24) is 4.90 Å². The summed E-state index contributed by atoms with van der Waals surface area (Å²) in [7, 11) is 0. The van der Waals surface area contributed by atoms with E-state index in [1.165, 1.54) is 6.07 Å². The van der Waals surface area contributed by atoms with Crippen LogP contribution >= 0.6 is 0 Å². The Kier molecular flexibility index (Phi) is 5.87. The smallest absolute Gasteiger partial charge is 0.328 e. The number of nitrogens with two attached hydrogens (primary N) is 1. The summed E-state index contributed by atoms with van der Waals surface area (Å²) in [5.41, 5.74) is 6.60. The van der Waals surface area contributed by atoms with Crippen molar-refractivity contribution in [3.63, 3.8) is 0 Å². The second-order valence-corrected chi connectivity index (χ2v) is 6.13. The minimum absolute atomic E-state index is 0.236. The Hall–Kier alpha value is -1.07. The molecule has 0 spiro atoms. The van der Waals surface area contributed by atoms with Crippen molar-refractivity contribution in [3.8, 4) is 0 Å². The fraction of sp³-hybridized carbons (Fsp3) is 0.647. The number of aryl methyl sites for hydroxylation is 1. The van der Waals surface area contributed by atoms with Crippen LogP contribution < -0.4 is 5.73 Å². The zero-order valence-electron chi connectivity index (χ0n) is 13.1. The fourth-order valence-corrected chi connectivity index (χ4v) is 3.01. The number of hydrogen-bond acceptors (Lipinski definition) is 2. The van der Waals surface area contributed by atoms with Gasteiger partial charge < -0.3 is 10.6 Å². The van der Waals surface area contributed by atoms with Gasteiger partial charge in [0.25, 0.3) is 0 Å². The molecule has 2 rings (SSSR count). The predicted octanol–water partition coefficient (Wildman–Crippen LogP) is 3.62. The molecule has 5 heteroatoms. The van der Waals surface area contributed by atoms with Gasteiger partial charge in [-0.05, 0) is 62.4 Å². The van der Waals surface area contributed by atoms with Gasteiger partial charge in [0, 0.05) is 12.6 Å². The highest BCUT2D eigenvalue weighted by Crippen LogP contribution is 2.33. The maximum Gasteiger partial charge on any atom is 0.416 e. The van der Waals surface area contributed by atoms with Crippen LogP contribution in [0, 0.1) is 0 Å². The molecule has 1 aromatic carbocycles. The van der Waals surface area contributed by atoms with Gasteiger partial charge in [-0.1, -0.05) is 19.1 Å². The van der Waals surface area contributed by atoms with E-state index in [0.717, 1.165) is 37.9 Å². The monoisotopic (exact) mass is 314 g/mol. The van der Waals surface area contributed by atoms with E-state index < -0.39 is 11.7 Å². The summed E-state index contributed by atoms with van der Waals surface area (Å²) in [6.45, 7) is 4.36. The van der Waals surface area contributed by atoms with E-state index >= 15 is 0 Å². The zero-order chi connectivity index (χ0) is 16.2. The Morgan fingerprint density at radius 1 is 1.23 bits per heavy atom. The SMILES string of the molecule is CCc1ccc(CCN2CCCC(N)CC2)c(C(F)(F)F)c1. The number of alkyl halides is 3. The first-order valence-electron chi connectivity index (χ1n) is 8.07. The zero-order valence-corrected chi connectivity index (χ0v) is 13.1. The Bertz CT molecular complexity index is 485. The normalized spacial score (nSPS) is 20.9. The van der Waals surface area contributed by atoms with Crippen LogP contribution in [0.3, 0.4) is 0 Å². The summed E-state index contributed by atoms with van der Waals surface area (Å²) in [4.78, 5) is 2.24. The maximum atomic E-state index is 13.2. The van der Waals surface area contributed by atoms with Crippen LogP contribution in [0.15, 0.2) is 18.2 Å². The standard InChI is InChI=1S/C17H25F3N2/c1-2-13-5-6-14(16(12-13)17(18,19)20)7-10-22-9-3-4-15(21)8-11-22/h5-6,12,15H,2-4,7-11,21H2,1H3. The van der Waals surface area contributed by atoms with Crippen LogP contribution in [0.5, 0.6) is 0 Å². The second-order valence-electron chi connectivity index (χ2n) is 6.13. The van der Waals surface area contributed by atoms with Crippen molar-refractivity contribution in [1.29, 1.82) is 0 Å². The summed E-state index contributed by atoms with van der Waals surface area (Å²) in [5, 5.41) is 0. The quantitative estimate of drug-likeness (QED) is 0.919. The van der Waals surface area contributed by atoms with E-state index in [-0.39, 0.29) is 6.04 Å². The van der Waals surface area contributed by atoms with Gasteiger partial charge in [0.2, 0.25) is 0 Å². The van der Waals surface area contributed by atoms with Crippen LogP contribution in [0.2, 0.25) is 0 Å². The number of nitrogens with zero attached hydrogens (tertiary/aromatic N) is 1. The molecule has 0 saturated carbocycles. The first kappa shape index (κ1) is 17.3. The minimum atomic E-state index is -4.28. The fourth-order valence-electron chi connectivity index (χ4n) is 3.01. The third-order valence-corrected chi connectivity index (χ3v) is 4.45. The van der Waals surface area contributed by atoms with Crippen LogP contribution in [-0.4, -0.2) is 30.6 Å². The van der Waals surface area contributed by atoms with Gasteiger partial charge in [-0.3, -0.25) is 0 Å². The van der Waals surface area contributed by atoms with Crippen molar-refractivity contribution in [2.24, 2.45) is 5.73 Å². The number of likely N-dealkylation sites (tertiary alicyclic amines) is 1. The van der Waals surface area contributed by atoms with Gasteiger partial charge in [0.1, 0.15) is 0 Å². The van der Waals surface area contributed by atoms with Crippen LogP contribution in [0.1, 0.15) is 42.9 Å². The van der Waals surface area contributed by atoms with Crippen LogP contribution in [-0.2, 0) is 19.0 Å². The van der Waals surface area contributed by atoms with Crippen LogP contribution in [0.25, 0.3) is 0 Å². The third-order valence-electron chi connectivity index (χ3n) is 4.45. The van der Waals surface area contributed by atoms with Gasteiger partial charge in [-0.25, -0.2) is 0 Å². The summed E-state index contributed by atoms with van der Waals surface area (Å²) >= 11 is 0. The molecule has 0 aliphatic carbocycles. The minimum Gasteiger partial charge on any atom is -0.328 e. The average molecular weight is 314 g/mol. The van der Waals surface area contributed by atoms with E-state index in [2.05, 4.69) is 4.90 Å².